The Bertz CT molecular complexity index is 392. The monoisotopic (exact) mass is 277 g/mol. The van der Waals surface area contributed by atoms with Crippen LogP contribution in [0.15, 0.2) is 10.5 Å². The number of halogens is 3. The van der Waals surface area contributed by atoms with Crippen molar-refractivity contribution in [1.29, 1.82) is 0 Å². The Kier molecular flexibility index (Phi) is 2.47. The molecule has 1 saturated carbocycles. The summed E-state index contributed by atoms with van der Waals surface area (Å²) in [6.45, 7) is 0. The van der Waals surface area contributed by atoms with E-state index in [1.807, 2.05) is 0 Å². The highest BCUT2D eigenvalue weighted by molar-refractivity contribution is 9.10. The van der Waals surface area contributed by atoms with Gasteiger partial charge < -0.3 is 10.8 Å². The molecule has 0 radical (unpaired) electrons. The lowest BCUT2D eigenvalue weighted by molar-refractivity contribution is 0.233. The summed E-state index contributed by atoms with van der Waals surface area (Å²) in [5.41, 5.74) is 4.85. The summed E-state index contributed by atoms with van der Waals surface area (Å²) in [4.78, 5) is 0. The zero-order chi connectivity index (χ0) is 11.2. The van der Waals surface area contributed by atoms with E-state index in [4.69, 9.17) is 5.73 Å². The van der Waals surface area contributed by atoms with Gasteiger partial charge in [0.15, 0.2) is 11.6 Å². The van der Waals surface area contributed by atoms with Crippen LogP contribution in [0.1, 0.15) is 24.8 Å². The lowest BCUT2D eigenvalue weighted by Crippen LogP contribution is -2.44. The number of phenolic OH excluding ortho intramolecular Hbond substituents is 1. The van der Waals surface area contributed by atoms with E-state index >= 15 is 0 Å². The van der Waals surface area contributed by atoms with Crippen LogP contribution in [0, 0.1) is 11.6 Å². The van der Waals surface area contributed by atoms with Crippen LogP contribution in [-0.4, -0.2) is 5.11 Å². The number of hydrogen-bond donors (Lipinski definition) is 2. The van der Waals surface area contributed by atoms with Crippen molar-refractivity contribution in [2.24, 2.45) is 5.73 Å². The highest BCUT2D eigenvalue weighted by atomic mass is 79.9. The maximum absolute atomic E-state index is 13.7. The summed E-state index contributed by atoms with van der Waals surface area (Å²) in [5.74, 6) is -2.19. The summed E-state index contributed by atoms with van der Waals surface area (Å²) in [6.07, 6.45) is 1.99. The van der Waals surface area contributed by atoms with Gasteiger partial charge >= 0.3 is 0 Å². The summed E-state index contributed by atoms with van der Waals surface area (Å²) >= 11 is 2.90. The molecule has 1 aliphatic rings. The van der Waals surface area contributed by atoms with Crippen molar-refractivity contribution in [3.63, 3.8) is 0 Å². The van der Waals surface area contributed by atoms with Crippen molar-refractivity contribution in [3.8, 4) is 5.75 Å². The van der Waals surface area contributed by atoms with Crippen molar-refractivity contribution in [1.82, 2.24) is 0 Å². The minimum atomic E-state index is -0.918. The maximum atomic E-state index is 13.7. The molecule has 0 atom stereocenters. The Morgan fingerprint density at radius 3 is 2.47 bits per heavy atom. The van der Waals surface area contributed by atoms with Crippen LogP contribution in [0.25, 0.3) is 0 Å². The van der Waals surface area contributed by atoms with E-state index < -0.39 is 22.9 Å². The highest BCUT2D eigenvalue weighted by Gasteiger charge is 2.40. The van der Waals surface area contributed by atoms with Crippen LogP contribution in [0.4, 0.5) is 8.78 Å². The zero-order valence-corrected chi connectivity index (χ0v) is 9.44. The number of aromatic hydroxyl groups is 1. The molecule has 3 N–H and O–H groups in total. The van der Waals surface area contributed by atoms with Crippen molar-refractivity contribution >= 4 is 15.9 Å². The van der Waals surface area contributed by atoms with Crippen molar-refractivity contribution in [2.45, 2.75) is 24.8 Å². The van der Waals surface area contributed by atoms with Crippen LogP contribution in [-0.2, 0) is 5.54 Å². The first-order valence-corrected chi connectivity index (χ1v) is 5.41. The molecule has 0 heterocycles. The lowest BCUT2D eigenvalue weighted by Gasteiger charge is -2.39. The Balaban J connectivity index is 2.63. The molecule has 0 spiro atoms. The van der Waals surface area contributed by atoms with Crippen LogP contribution in [0.2, 0.25) is 0 Å². The van der Waals surface area contributed by atoms with Gasteiger partial charge in [-0.05, 0) is 41.3 Å². The maximum Gasteiger partial charge on any atom is 0.166 e. The molecule has 0 unspecified atom stereocenters. The summed E-state index contributed by atoms with van der Waals surface area (Å²) < 4.78 is 26.9. The minimum Gasteiger partial charge on any atom is -0.505 e. The van der Waals surface area contributed by atoms with Crippen LogP contribution >= 0.6 is 15.9 Å². The second-order valence-electron chi connectivity index (χ2n) is 3.89. The largest absolute Gasteiger partial charge is 0.505 e. The van der Waals surface area contributed by atoms with Gasteiger partial charge in [-0.25, -0.2) is 8.78 Å². The average molecular weight is 278 g/mol. The second kappa shape index (κ2) is 3.42. The molecule has 1 aliphatic carbocycles. The average Bonchev–Trinajstić information content (AvgIpc) is 2.12. The van der Waals surface area contributed by atoms with E-state index in [0.29, 0.717) is 12.8 Å². The molecule has 0 bridgehead atoms. The fraction of sp³-hybridized carbons (Fsp3) is 0.400. The van der Waals surface area contributed by atoms with E-state index in [1.165, 1.54) is 0 Å². The fourth-order valence-electron chi connectivity index (χ4n) is 1.85. The van der Waals surface area contributed by atoms with Crippen molar-refractivity contribution in [2.75, 3.05) is 0 Å². The summed E-state index contributed by atoms with van der Waals surface area (Å²) in [7, 11) is 0. The molecule has 0 saturated heterocycles. The van der Waals surface area contributed by atoms with E-state index in [-0.39, 0.29) is 10.0 Å². The number of benzene rings is 1. The van der Waals surface area contributed by atoms with Gasteiger partial charge in [0.2, 0.25) is 0 Å². The quantitative estimate of drug-likeness (QED) is 0.776. The third-order valence-electron chi connectivity index (χ3n) is 2.89. The molecular formula is C10H10BrF2NO. The smallest absolute Gasteiger partial charge is 0.166 e. The highest BCUT2D eigenvalue weighted by Crippen LogP contribution is 2.45. The van der Waals surface area contributed by atoms with E-state index in [9.17, 15) is 13.9 Å². The topological polar surface area (TPSA) is 46.2 Å². The van der Waals surface area contributed by atoms with Gasteiger partial charge in [-0.1, -0.05) is 0 Å². The summed E-state index contributed by atoms with van der Waals surface area (Å²) in [5, 5.41) is 9.49. The minimum absolute atomic E-state index is 0.00970. The molecule has 0 amide bonds. The third-order valence-corrected chi connectivity index (χ3v) is 3.47. The predicted octanol–water partition coefficient (Wildman–Crippen LogP) is 2.77. The first-order chi connectivity index (χ1) is 6.96. The van der Waals surface area contributed by atoms with E-state index in [1.54, 1.807) is 0 Å². The first-order valence-electron chi connectivity index (χ1n) is 4.61. The Morgan fingerprint density at radius 1 is 1.40 bits per heavy atom. The standard InChI is InChI=1S/C10H10BrF2NO/c11-5-4-6(12)9(15)7(8(5)13)10(14)2-1-3-10/h4,15H,1-3,14H2. The summed E-state index contributed by atoms with van der Waals surface area (Å²) in [6, 6.07) is 0.899. The van der Waals surface area contributed by atoms with Gasteiger partial charge in [0.05, 0.1) is 10.0 Å². The van der Waals surface area contributed by atoms with Crippen molar-refractivity contribution < 1.29 is 13.9 Å². The number of phenols is 1. The molecule has 0 aromatic heterocycles. The van der Waals surface area contributed by atoms with Gasteiger partial charge in [0, 0.05) is 5.54 Å². The number of rotatable bonds is 1. The Morgan fingerprint density at radius 2 is 2.00 bits per heavy atom. The van der Waals surface area contributed by atoms with Crippen LogP contribution in [0.5, 0.6) is 5.75 Å². The van der Waals surface area contributed by atoms with E-state index in [2.05, 4.69) is 15.9 Å². The molecule has 82 valence electrons. The van der Waals surface area contributed by atoms with Crippen molar-refractivity contribution in [3.05, 3.63) is 27.7 Å². The Labute approximate surface area is 94.2 Å². The van der Waals surface area contributed by atoms with E-state index in [0.717, 1.165) is 12.5 Å². The van der Waals surface area contributed by atoms with Crippen LogP contribution in [0.3, 0.4) is 0 Å². The molecule has 5 heteroatoms. The molecule has 15 heavy (non-hydrogen) atoms. The number of nitrogens with two attached hydrogens (primary N) is 1. The molecule has 1 fully saturated rings. The van der Waals surface area contributed by atoms with Gasteiger partial charge in [-0.3, -0.25) is 0 Å². The van der Waals surface area contributed by atoms with Gasteiger partial charge in [0.1, 0.15) is 5.82 Å². The third kappa shape index (κ3) is 1.54. The zero-order valence-electron chi connectivity index (χ0n) is 7.86. The van der Waals surface area contributed by atoms with Gasteiger partial charge in [-0.15, -0.1) is 0 Å². The SMILES string of the molecule is NC1(c2c(O)c(F)cc(Br)c2F)CCC1. The van der Waals surface area contributed by atoms with Gasteiger partial charge in [-0.2, -0.15) is 0 Å². The molecule has 2 nitrogen and oxygen atoms in total. The second-order valence-corrected chi connectivity index (χ2v) is 4.74. The molecular weight excluding hydrogens is 268 g/mol. The lowest BCUT2D eigenvalue weighted by atomic mass is 9.72. The molecule has 2 rings (SSSR count). The molecule has 1 aromatic rings. The Hall–Kier alpha value is -0.680. The molecule has 1 aromatic carbocycles. The normalized spacial score (nSPS) is 18.7. The fourth-order valence-corrected chi connectivity index (χ4v) is 2.25. The van der Waals surface area contributed by atoms with Crippen LogP contribution < -0.4 is 5.73 Å². The number of hydrogen-bond acceptors (Lipinski definition) is 2. The predicted molar refractivity (Wildman–Crippen MR) is 55.4 cm³/mol. The molecule has 0 aliphatic heterocycles. The first kappa shape index (κ1) is 10.8. The van der Waals surface area contributed by atoms with Gasteiger partial charge in [0.25, 0.3) is 0 Å².